The predicted molar refractivity (Wildman–Crippen MR) is 111 cm³/mol. The summed E-state index contributed by atoms with van der Waals surface area (Å²) >= 11 is 1.45. The van der Waals surface area contributed by atoms with E-state index in [-0.39, 0.29) is 40.2 Å². The molecule has 0 saturated heterocycles. The van der Waals surface area contributed by atoms with Crippen LogP contribution in [0.5, 0.6) is 0 Å². The van der Waals surface area contributed by atoms with E-state index in [4.69, 9.17) is 0 Å². The van der Waals surface area contributed by atoms with E-state index in [0.717, 1.165) is 30.6 Å². The fraction of sp³-hybridized carbons (Fsp3) is 0.600. The number of anilines is 1. The molecule has 1 aliphatic carbocycles. The van der Waals surface area contributed by atoms with Crippen molar-refractivity contribution in [2.75, 3.05) is 11.1 Å². The fourth-order valence-electron chi connectivity index (χ4n) is 3.66. The van der Waals surface area contributed by atoms with Gasteiger partial charge in [-0.3, -0.25) is 9.59 Å². The molecular formula is C20H28N2O4S2. The van der Waals surface area contributed by atoms with Gasteiger partial charge in [0.1, 0.15) is 0 Å². The van der Waals surface area contributed by atoms with Crippen LogP contribution in [0.4, 0.5) is 5.69 Å². The van der Waals surface area contributed by atoms with Crippen molar-refractivity contribution in [1.82, 2.24) is 5.32 Å². The van der Waals surface area contributed by atoms with Gasteiger partial charge in [-0.15, -0.1) is 11.8 Å². The maximum atomic E-state index is 12.7. The maximum absolute atomic E-state index is 12.7. The number of hydrogen-bond donors (Lipinski definition) is 2. The second-order valence-corrected chi connectivity index (χ2v) is 10.8. The Kier molecular flexibility index (Phi) is 7.04. The molecule has 8 heteroatoms. The SMILES string of the molecule is CCC1Sc2ccc(S(=O)(=O)CCC(=O)NC3CCCCCC3)cc2NC1=O. The Morgan fingerprint density at radius 3 is 2.61 bits per heavy atom. The lowest BCUT2D eigenvalue weighted by Crippen LogP contribution is -2.35. The first-order chi connectivity index (χ1) is 13.4. The third-order valence-electron chi connectivity index (χ3n) is 5.32. The zero-order chi connectivity index (χ0) is 20.1. The highest BCUT2D eigenvalue weighted by molar-refractivity contribution is 8.01. The van der Waals surface area contributed by atoms with Gasteiger partial charge in [0.15, 0.2) is 9.84 Å². The van der Waals surface area contributed by atoms with Gasteiger partial charge < -0.3 is 10.6 Å². The second-order valence-electron chi connectivity index (χ2n) is 7.49. The molecule has 2 aliphatic rings. The fourth-order valence-corrected chi connectivity index (χ4v) is 5.95. The van der Waals surface area contributed by atoms with Crippen molar-refractivity contribution >= 4 is 39.1 Å². The molecule has 1 saturated carbocycles. The molecular weight excluding hydrogens is 396 g/mol. The first-order valence-electron chi connectivity index (χ1n) is 10.0. The van der Waals surface area contributed by atoms with Crippen molar-refractivity contribution in [3.05, 3.63) is 18.2 Å². The van der Waals surface area contributed by atoms with Crippen LogP contribution in [0.2, 0.25) is 0 Å². The van der Waals surface area contributed by atoms with Gasteiger partial charge in [0.25, 0.3) is 0 Å². The van der Waals surface area contributed by atoms with E-state index in [1.807, 2.05) is 6.92 Å². The molecule has 1 aliphatic heterocycles. The summed E-state index contributed by atoms with van der Waals surface area (Å²) < 4.78 is 25.3. The lowest BCUT2D eigenvalue weighted by atomic mass is 10.1. The molecule has 154 valence electrons. The third-order valence-corrected chi connectivity index (χ3v) is 8.47. The summed E-state index contributed by atoms with van der Waals surface area (Å²) in [6, 6.07) is 4.97. The smallest absolute Gasteiger partial charge is 0.237 e. The minimum atomic E-state index is -3.59. The lowest BCUT2D eigenvalue weighted by Gasteiger charge is -2.23. The number of carbonyl (C=O) groups is 2. The molecule has 1 atom stereocenters. The Balaban J connectivity index is 1.61. The van der Waals surface area contributed by atoms with Gasteiger partial charge in [-0.1, -0.05) is 32.6 Å². The van der Waals surface area contributed by atoms with Crippen LogP contribution in [0.3, 0.4) is 0 Å². The quantitative estimate of drug-likeness (QED) is 0.682. The van der Waals surface area contributed by atoms with Gasteiger partial charge in [-0.05, 0) is 37.5 Å². The zero-order valence-electron chi connectivity index (χ0n) is 16.2. The van der Waals surface area contributed by atoms with Gasteiger partial charge in [-0.2, -0.15) is 0 Å². The van der Waals surface area contributed by atoms with Crippen LogP contribution in [-0.4, -0.2) is 37.3 Å². The molecule has 1 heterocycles. The molecule has 0 aromatic heterocycles. The molecule has 1 unspecified atom stereocenters. The summed E-state index contributed by atoms with van der Waals surface area (Å²) in [5.41, 5.74) is 0.531. The van der Waals surface area contributed by atoms with E-state index in [9.17, 15) is 18.0 Å². The van der Waals surface area contributed by atoms with E-state index in [2.05, 4.69) is 10.6 Å². The molecule has 1 fully saturated rings. The van der Waals surface area contributed by atoms with E-state index < -0.39 is 9.84 Å². The summed E-state index contributed by atoms with van der Waals surface area (Å²) in [4.78, 5) is 25.3. The number of carbonyl (C=O) groups excluding carboxylic acids is 2. The summed E-state index contributed by atoms with van der Waals surface area (Å²) in [5.74, 6) is -0.538. The third kappa shape index (κ3) is 5.29. The number of hydrogen-bond acceptors (Lipinski definition) is 5. The minimum Gasteiger partial charge on any atom is -0.353 e. The highest BCUT2D eigenvalue weighted by atomic mass is 32.2. The first kappa shape index (κ1) is 21.2. The Morgan fingerprint density at radius 2 is 1.93 bits per heavy atom. The average molecular weight is 425 g/mol. The van der Waals surface area contributed by atoms with Gasteiger partial charge >= 0.3 is 0 Å². The molecule has 6 nitrogen and oxygen atoms in total. The van der Waals surface area contributed by atoms with Crippen LogP contribution in [0.1, 0.15) is 58.3 Å². The largest absolute Gasteiger partial charge is 0.353 e. The van der Waals surface area contributed by atoms with E-state index in [1.54, 1.807) is 12.1 Å². The molecule has 2 amide bonds. The average Bonchev–Trinajstić information content (AvgIpc) is 2.94. The van der Waals surface area contributed by atoms with Gasteiger partial charge in [-0.25, -0.2) is 8.42 Å². The lowest BCUT2D eigenvalue weighted by molar-refractivity contribution is -0.121. The number of nitrogens with one attached hydrogen (secondary N) is 2. The zero-order valence-corrected chi connectivity index (χ0v) is 17.8. The second kappa shape index (κ2) is 9.31. The topological polar surface area (TPSA) is 92.3 Å². The van der Waals surface area contributed by atoms with Crippen LogP contribution in [0, 0.1) is 0 Å². The van der Waals surface area contributed by atoms with Crippen molar-refractivity contribution in [1.29, 1.82) is 0 Å². The van der Waals surface area contributed by atoms with Crippen LogP contribution < -0.4 is 10.6 Å². The Hall–Kier alpha value is -1.54. The van der Waals surface area contributed by atoms with Crippen molar-refractivity contribution in [3.8, 4) is 0 Å². The van der Waals surface area contributed by atoms with Crippen molar-refractivity contribution in [2.24, 2.45) is 0 Å². The summed E-state index contributed by atoms with van der Waals surface area (Å²) in [7, 11) is -3.59. The molecule has 1 aromatic rings. The molecule has 0 bridgehead atoms. The molecule has 0 spiro atoms. The normalized spacial score (nSPS) is 20.8. The Labute approximate surface area is 171 Å². The molecule has 28 heavy (non-hydrogen) atoms. The molecule has 3 rings (SSSR count). The van der Waals surface area contributed by atoms with Crippen LogP contribution in [-0.2, 0) is 19.4 Å². The number of benzene rings is 1. The van der Waals surface area contributed by atoms with Gasteiger partial charge in [0.2, 0.25) is 11.8 Å². The summed E-state index contributed by atoms with van der Waals surface area (Å²) in [6.45, 7) is 1.95. The number of amides is 2. The molecule has 1 aromatic carbocycles. The van der Waals surface area contributed by atoms with Crippen molar-refractivity contribution in [3.63, 3.8) is 0 Å². The first-order valence-corrected chi connectivity index (χ1v) is 12.6. The van der Waals surface area contributed by atoms with Crippen molar-refractivity contribution < 1.29 is 18.0 Å². The summed E-state index contributed by atoms with van der Waals surface area (Å²) in [6.07, 6.45) is 7.24. The maximum Gasteiger partial charge on any atom is 0.237 e. The highest BCUT2D eigenvalue weighted by Gasteiger charge is 2.27. The number of rotatable bonds is 6. The predicted octanol–water partition coefficient (Wildman–Crippen LogP) is 3.51. The number of thioether (sulfide) groups is 1. The van der Waals surface area contributed by atoms with E-state index in [1.165, 1.54) is 30.7 Å². The Morgan fingerprint density at radius 1 is 1.21 bits per heavy atom. The summed E-state index contributed by atoms with van der Waals surface area (Å²) in [5, 5.41) is 5.63. The molecule has 0 radical (unpaired) electrons. The standard InChI is InChI=1S/C20H28N2O4S2/c1-2-17-20(24)22-16-13-15(9-10-18(16)27-17)28(25,26)12-11-19(23)21-14-7-5-3-4-6-8-14/h9-10,13-14,17H,2-8,11-12H2,1H3,(H,21,23)(H,22,24). The Bertz CT molecular complexity index is 831. The van der Waals surface area contributed by atoms with Crippen LogP contribution in [0.15, 0.2) is 28.0 Å². The van der Waals surface area contributed by atoms with Crippen LogP contribution in [0.25, 0.3) is 0 Å². The van der Waals surface area contributed by atoms with E-state index >= 15 is 0 Å². The highest BCUT2D eigenvalue weighted by Crippen LogP contribution is 2.38. The van der Waals surface area contributed by atoms with Gasteiger partial charge in [0.05, 0.1) is 21.6 Å². The molecule has 2 N–H and O–H groups in total. The van der Waals surface area contributed by atoms with Crippen molar-refractivity contribution in [2.45, 2.75) is 79.4 Å². The minimum absolute atomic E-state index is 0.0467. The van der Waals surface area contributed by atoms with Gasteiger partial charge in [0, 0.05) is 17.4 Å². The van der Waals surface area contributed by atoms with Crippen LogP contribution >= 0.6 is 11.8 Å². The number of fused-ring (bicyclic) bond motifs is 1. The number of sulfone groups is 1. The monoisotopic (exact) mass is 424 g/mol. The van der Waals surface area contributed by atoms with E-state index in [0.29, 0.717) is 12.1 Å².